The molecule has 0 aliphatic carbocycles. The summed E-state index contributed by atoms with van der Waals surface area (Å²) in [6.07, 6.45) is 0.796. The number of ether oxygens (including phenoxy) is 4. The minimum absolute atomic E-state index is 0.163. The lowest BCUT2D eigenvalue weighted by Gasteiger charge is -2.26. The number of amides is 1. The molecule has 0 saturated carbocycles. The van der Waals surface area contributed by atoms with E-state index in [1.54, 1.807) is 31.4 Å². The van der Waals surface area contributed by atoms with Crippen molar-refractivity contribution in [1.82, 2.24) is 4.90 Å². The van der Waals surface area contributed by atoms with Crippen LogP contribution in [-0.4, -0.2) is 57.4 Å². The van der Waals surface area contributed by atoms with Crippen molar-refractivity contribution < 1.29 is 28.1 Å². The van der Waals surface area contributed by atoms with Crippen molar-refractivity contribution in [1.29, 1.82) is 0 Å². The second kappa shape index (κ2) is 12.9. The molecule has 0 unspecified atom stereocenters. The molecule has 8 heteroatoms. The molecule has 1 fully saturated rings. The number of hydrogen-bond donors (Lipinski definition) is 1. The van der Waals surface area contributed by atoms with E-state index in [0.717, 1.165) is 44.8 Å². The Balaban J connectivity index is 1.32. The lowest BCUT2D eigenvalue weighted by Crippen LogP contribution is -2.37. The fraction of sp³-hybridized carbons (Fsp3) is 0.321. The average Bonchev–Trinajstić information content (AvgIpc) is 2.92. The predicted octanol–water partition coefficient (Wildman–Crippen LogP) is 4.77. The molecule has 1 aliphatic rings. The first-order chi connectivity index (χ1) is 17.6. The molecule has 1 N–H and O–H groups in total. The van der Waals surface area contributed by atoms with Crippen LogP contribution in [0.15, 0.2) is 66.7 Å². The Morgan fingerprint density at radius 3 is 2.50 bits per heavy atom. The summed E-state index contributed by atoms with van der Waals surface area (Å²) in [5.74, 6) is 0.210. The first-order valence-corrected chi connectivity index (χ1v) is 12.0. The van der Waals surface area contributed by atoms with Crippen LogP contribution in [0.2, 0.25) is 0 Å². The number of benzene rings is 3. The van der Waals surface area contributed by atoms with E-state index in [2.05, 4.69) is 10.2 Å². The summed E-state index contributed by atoms with van der Waals surface area (Å²) < 4.78 is 36.8. The normalized spacial score (nSPS) is 13.7. The van der Waals surface area contributed by atoms with E-state index in [0.29, 0.717) is 36.0 Å². The van der Waals surface area contributed by atoms with Crippen molar-refractivity contribution in [3.05, 3.63) is 83.7 Å². The molecular formula is C28H31FN2O5. The third-order valence-corrected chi connectivity index (χ3v) is 5.83. The van der Waals surface area contributed by atoms with Crippen LogP contribution in [0.25, 0.3) is 0 Å². The topological polar surface area (TPSA) is 69.3 Å². The van der Waals surface area contributed by atoms with Gasteiger partial charge in [-0.15, -0.1) is 0 Å². The number of nitrogens with one attached hydrogen (secondary N) is 1. The lowest BCUT2D eigenvalue weighted by molar-refractivity contribution is 0.0357. The molecule has 7 nitrogen and oxygen atoms in total. The Morgan fingerprint density at radius 2 is 1.75 bits per heavy atom. The summed E-state index contributed by atoms with van der Waals surface area (Å²) >= 11 is 0. The molecule has 0 radical (unpaired) electrons. The minimum Gasteiger partial charge on any atom is -0.493 e. The van der Waals surface area contributed by atoms with Gasteiger partial charge in [-0.05, 0) is 42.3 Å². The number of anilines is 1. The Hall–Kier alpha value is -3.62. The van der Waals surface area contributed by atoms with Crippen molar-refractivity contribution in [3.63, 3.8) is 0 Å². The van der Waals surface area contributed by atoms with Gasteiger partial charge in [0, 0.05) is 37.0 Å². The molecule has 36 heavy (non-hydrogen) atoms. The molecule has 4 rings (SSSR count). The Bertz CT molecular complexity index is 1140. The predicted molar refractivity (Wildman–Crippen MR) is 135 cm³/mol. The monoisotopic (exact) mass is 494 g/mol. The van der Waals surface area contributed by atoms with Crippen LogP contribution in [0, 0.1) is 5.82 Å². The van der Waals surface area contributed by atoms with E-state index in [1.165, 1.54) is 12.1 Å². The van der Waals surface area contributed by atoms with Gasteiger partial charge in [0.25, 0.3) is 5.91 Å². The van der Waals surface area contributed by atoms with E-state index in [1.807, 2.05) is 30.3 Å². The zero-order valence-corrected chi connectivity index (χ0v) is 20.4. The Kier molecular flexibility index (Phi) is 9.13. The number of morpholine rings is 1. The van der Waals surface area contributed by atoms with E-state index in [4.69, 9.17) is 18.9 Å². The van der Waals surface area contributed by atoms with E-state index < -0.39 is 5.82 Å². The van der Waals surface area contributed by atoms with Crippen LogP contribution in [0.4, 0.5) is 10.1 Å². The van der Waals surface area contributed by atoms with Gasteiger partial charge in [0.1, 0.15) is 6.61 Å². The lowest BCUT2D eigenvalue weighted by atomic mass is 10.1. The van der Waals surface area contributed by atoms with E-state index >= 15 is 0 Å². The first-order valence-electron chi connectivity index (χ1n) is 12.0. The smallest absolute Gasteiger partial charge is 0.255 e. The van der Waals surface area contributed by atoms with Crippen LogP contribution < -0.4 is 19.5 Å². The van der Waals surface area contributed by atoms with Crippen molar-refractivity contribution in [2.45, 2.75) is 13.0 Å². The maximum Gasteiger partial charge on any atom is 0.255 e. The molecule has 1 amide bonds. The van der Waals surface area contributed by atoms with Gasteiger partial charge in [-0.3, -0.25) is 9.69 Å². The van der Waals surface area contributed by atoms with Crippen molar-refractivity contribution in [2.24, 2.45) is 0 Å². The van der Waals surface area contributed by atoms with Crippen LogP contribution in [0.5, 0.6) is 17.2 Å². The van der Waals surface area contributed by atoms with Crippen LogP contribution in [-0.2, 0) is 11.3 Å². The van der Waals surface area contributed by atoms with Crippen LogP contribution in [0.3, 0.4) is 0 Å². The van der Waals surface area contributed by atoms with Crippen molar-refractivity contribution >= 4 is 11.6 Å². The standard InChI is InChI=1S/C28H31FN2O5/c1-33-26-10-8-22(18-27(26)36-20-21-6-3-2-4-7-21)28(32)30-23-9-11-25(24(29)19-23)35-15-5-12-31-13-16-34-17-14-31/h2-4,6-11,18-19H,5,12-17,20H2,1H3,(H,30,32). The summed E-state index contributed by atoms with van der Waals surface area (Å²) in [7, 11) is 1.54. The van der Waals surface area contributed by atoms with Gasteiger partial charge in [0.2, 0.25) is 0 Å². The number of hydrogen-bond acceptors (Lipinski definition) is 6. The molecule has 1 saturated heterocycles. The molecule has 0 atom stereocenters. The van der Waals surface area contributed by atoms with Gasteiger partial charge < -0.3 is 24.3 Å². The molecule has 1 aliphatic heterocycles. The maximum absolute atomic E-state index is 14.6. The summed E-state index contributed by atoms with van der Waals surface area (Å²) in [5, 5.41) is 2.73. The number of nitrogens with zero attached hydrogens (tertiary/aromatic N) is 1. The molecular weight excluding hydrogens is 463 g/mol. The highest BCUT2D eigenvalue weighted by molar-refractivity contribution is 6.04. The van der Waals surface area contributed by atoms with Gasteiger partial charge in [0.05, 0.1) is 26.9 Å². The molecule has 0 spiro atoms. The molecule has 3 aromatic carbocycles. The van der Waals surface area contributed by atoms with E-state index in [9.17, 15) is 9.18 Å². The second-order valence-electron chi connectivity index (χ2n) is 8.40. The summed E-state index contributed by atoms with van der Waals surface area (Å²) in [6.45, 7) is 4.97. The fourth-order valence-electron chi connectivity index (χ4n) is 3.86. The van der Waals surface area contributed by atoms with Crippen LogP contribution >= 0.6 is 0 Å². The summed E-state index contributed by atoms with van der Waals surface area (Å²) in [4.78, 5) is 15.1. The zero-order valence-electron chi connectivity index (χ0n) is 20.4. The zero-order chi connectivity index (χ0) is 25.2. The van der Waals surface area contributed by atoms with Gasteiger partial charge in [-0.1, -0.05) is 30.3 Å². The van der Waals surface area contributed by atoms with E-state index in [-0.39, 0.29) is 11.7 Å². The van der Waals surface area contributed by atoms with Crippen molar-refractivity contribution in [3.8, 4) is 17.2 Å². The Morgan fingerprint density at radius 1 is 0.972 bits per heavy atom. The average molecular weight is 495 g/mol. The van der Waals surface area contributed by atoms with Crippen molar-refractivity contribution in [2.75, 3.05) is 51.9 Å². The minimum atomic E-state index is -0.527. The third-order valence-electron chi connectivity index (χ3n) is 5.83. The quantitative estimate of drug-likeness (QED) is 0.388. The second-order valence-corrected chi connectivity index (χ2v) is 8.40. The molecule has 0 aromatic heterocycles. The van der Waals surface area contributed by atoms with Gasteiger partial charge in [-0.2, -0.15) is 0 Å². The SMILES string of the molecule is COc1ccc(C(=O)Nc2ccc(OCCCN3CCOCC3)c(F)c2)cc1OCc1ccccc1. The molecule has 3 aromatic rings. The fourth-order valence-corrected chi connectivity index (χ4v) is 3.86. The number of methoxy groups -OCH3 is 1. The number of carbonyl (C=O) groups is 1. The van der Waals surface area contributed by atoms with Gasteiger partial charge in [-0.25, -0.2) is 4.39 Å². The highest BCUT2D eigenvalue weighted by Gasteiger charge is 2.14. The number of carbonyl (C=O) groups excluding carboxylic acids is 1. The Labute approximate surface area is 210 Å². The van der Waals surface area contributed by atoms with Crippen LogP contribution in [0.1, 0.15) is 22.3 Å². The molecule has 0 bridgehead atoms. The largest absolute Gasteiger partial charge is 0.493 e. The van der Waals surface area contributed by atoms with Gasteiger partial charge in [0.15, 0.2) is 23.1 Å². The first kappa shape index (κ1) is 25.5. The highest BCUT2D eigenvalue weighted by atomic mass is 19.1. The summed E-state index contributed by atoms with van der Waals surface area (Å²) in [5.41, 5.74) is 1.69. The molecule has 1 heterocycles. The number of rotatable bonds is 11. The summed E-state index contributed by atoms with van der Waals surface area (Å²) in [6, 6.07) is 19.0. The highest BCUT2D eigenvalue weighted by Crippen LogP contribution is 2.29. The molecule has 190 valence electrons. The number of halogens is 1. The van der Waals surface area contributed by atoms with Gasteiger partial charge >= 0.3 is 0 Å². The maximum atomic E-state index is 14.6. The third kappa shape index (κ3) is 7.19.